The second-order valence-electron chi connectivity index (χ2n) is 5.88. The molecule has 3 aromatic rings. The molecule has 148 valence electrons. The average molecular weight is 413 g/mol. The molecule has 3 aromatic carbocycles. The number of anilines is 1. The third-order valence-electron chi connectivity index (χ3n) is 3.86. The van der Waals surface area contributed by atoms with Crippen molar-refractivity contribution >= 4 is 27.5 Å². The molecule has 0 saturated carbocycles. The van der Waals surface area contributed by atoms with E-state index < -0.39 is 27.7 Å². The van der Waals surface area contributed by atoms with Gasteiger partial charge in [-0.15, -0.1) is 0 Å². The highest BCUT2D eigenvalue weighted by molar-refractivity contribution is 7.92. The van der Waals surface area contributed by atoms with Gasteiger partial charge in [0, 0.05) is 11.3 Å². The van der Waals surface area contributed by atoms with Gasteiger partial charge in [-0.25, -0.2) is 12.8 Å². The number of benzene rings is 3. The zero-order valence-corrected chi connectivity index (χ0v) is 15.7. The summed E-state index contributed by atoms with van der Waals surface area (Å²) in [6, 6.07) is 18.8. The molecule has 7 nitrogen and oxygen atoms in total. The van der Waals surface area contributed by atoms with Crippen LogP contribution in [0.4, 0.5) is 10.1 Å². The van der Waals surface area contributed by atoms with E-state index >= 15 is 0 Å². The van der Waals surface area contributed by atoms with Gasteiger partial charge in [0.1, 0.15) is 5.82 Å². The van der Waals surface area contributed by atoms with Crippen LogP contribution >= 0.6 is 0 Å². The van der Waals surface area contributed by atoms with Crippen LogP contribution in [0.5, 0.6) is 0 Å². The topological polar surface area (TPSA) is 104 Å². The van der Waals surface area contributed by atoms with Crippen molar-refractivity contribution in [1.29, 1.82) is 0 Å². The summed E-state index contributed by atoms with van der Waals surface area (Å²) in [6.07, 6.45) is 0. The van der Waals surface area contributed by atoms with Crippen LogP contribution in [0.1, 0.15) is 20.7 Å². The molecule has 0 radical (unpaired) electrons. The van der Waals surface area contributed by atoms with E-state index in [1.807, 2.05) is 0 Å². The number of para-hydroxylation sites is 1. The Kier molecular flexibility index (Phi) is 5.89. The fourth-order valence-corrected chi connectivity index (χ4v) is 3.46. The summed E-state index contributed by atoms with van der Waals surface area (Å²) >= 11 is 0. The zero-order valence-electron chi connectivity index (χ0n) is 14.9. The van der Waals surface area contributed by atoms with Crippen molar-refractivity contribution in [3.8, 4) is 0 Å². The SMILES string of the molecule is O=C(NNC(=O)c1ccccc1F)c1ccc(S(=O)(=O)Nc2ccccc2)cc1. The van der Waals surface area contributed by atoms with Gasteiger partial charge in [-0.1, -0.05) is 30.3 Å². The Morgan fingerprint density at radius 3 is 1.97 bits per heavy atom. The molecule has 0 atom stereocenters. The first-order valence-corrected chi connectivity index (χ1v) is 9.88. The summed E-state index contributed by atoms with van der Waals surface area (Å²) in [5, 5.41) is 0. The number of hydrogen-bond acceptors (Lipinski definition) is 4. The summed E-state index contributed by atoms with van der Waals surface area (Å²) in [5.74, 6) is -2.22. The third-order valence-corrected chi connectivity index (χ3v) is 5.26. The van der Waals surface area contributed by atoms with Gasteiger partial charge in [-0.05, 0) is 48.5 Å². The first kappa shape index (κ1) is 20.0. The monoisotopic (exact) mass is 413 g/mol. The minimum Gasteiger partial charge on any atom is -0.280 e. The van der Waals surface area contributed by atoms with Crippen LogP contribution in [0.2, 0.25) is 0 Å². The molecule has 0 saturated heterocycles. The molecule has 3 rings (SSSR count). The second kappa shape index (κ2) is 8.53. The molecule has 0 fully saturated rings. The standard InChI is InChI=1S/C20H16FN3O4S/c21-18-9-5-4-8-17(18)20(26)23-22-19(25)14-10-12-16(13-11-14)29(27,28)24-15-6-2-1-3-7-15/h1-13,24H,(H,22,25)(H,23,26). The van der Waals surface area contributed by atoms with E-state index in [2.05, 4.69) is 15.6 Å². The molecule has 2 amide bonds. The predicted octanol–water partition coefficient (Wildman–Crippen LogP) is 2.70. The number of amides is 2. The van der Waals surface area contributed by atoms with Gasteiger partial charge in [0.25, 0.3) is 21.8 Å². The maximum atomic E-state index is 13.6. The molecule has 0 aliphatic rings. The minimum atomic E-state index is -3.82. The molecular formula is C20H16FN3O4S. The van der Waals surface area contributed by atoms with Crippen molar-refractivity contribution in [1.82, 2.24) is 10.9 Å². The fraction of sp³-hybridized carbons (Fsp3) is 0. The molecule has 0 aliphatic carbocycles. The number of carbonyl (C=O) groups excluding carboxylic acids is 2. The summed E-state index contributed by atoms with van der Waals surface area (Å²) in [6.45, 7) is 0. The van der Waals surface area contributed by atoms with Gasteiger partial charge in [0.05, 0.1) is 10.5 Å². The van der Waals surface area contributed by atoms with Crippen molar-refractivity contribution in [2.75, 3.05) is 4.72 Å². The van der Waals surface area contributed by atoms with E-state index in [4.69, 9.17) is 0 Å². The molecule has 29 heavy (non-hydrogen) atoms. The van der Waals surface area contributed by atoms with E-state index in [9.17, 15) is 22.4 Å². The maximum Gasteiger partial charge on any atom is 0.272 e. The number of sulfonamides is 1. The Hall–Kier alpha value is -3.72. The number of carbonyl (C=O) groups is 2. The van der Waals surface area contributed by atoms with E-state index in [-0.39, 0.29) is 16.0 Å². The second-order valence-corrected chi connectivity index (χ2v) is 7.57. The van der Waals surface area contributed by atoms with Gasteiger partial charge >= 0.3 is 0 Å². The summed E-state index contributed by atoms with van der Waals surface area (Å²) in [7, 11) is -3.82. The Balaban J connectivity index is 1.64. The Bertz CT molecular complexity index is 1130. The lowest BCUT2D eigenvalue weighted by Crippen LogP contribution is -2.41. The molecule has 0 aliphatic heterocycles. The highest BCUT2D eigenvalue weighted by Gasteiger charge is 2.16. The number of halogens is 1. The minimum absolute atomic E-state index is 0.0340. The number of rotatable bonds is 5. The quantitative estimate of drug-likeness (QED) is 0.560. The van der Waals surface area contributed by atoms with Gasteiger partial charge in [-0.2, -0.15) is 0 Å². The fourth-order valence-electron chi connectivity index (χ4n) is 2.40. The van der Waals surface area contributed by atoms with Crippen molar-refractivity contribution in [3.05, 3.63) is 95.8 Å². The Labute approximate surface area is 166 Å². The predicted molar refractivity (Wildman–Crippen MR) is 105 cm³/mol. The highest BCUT2D eigenvalue weighted by atomic mass is 32.2. The molecule has 0 aromatic heterocycles. The van der Waals surface area contributed by atoms with Crippen LogP contribution in [0.3, 0.4) is 0 Å². The molecular weight excluding hydrogens is 397 g/mol. The average Bonchev–Trinajstić information content (AvgIpc) is 2.72. The molecule has 3 N–H and O–H groups in total. The third kappa shape index (κ3) is 4.96. The smallest absolute Gasteiger partial charge is 0.272 e. The maximum absolute atomic E-state index is 13.6. The largest absolute Gasteiger partial charge is 0.280 e. The van der Waals surface area contributed by atoms with Crippen molar-refractivity contribution in [3.63, 3.8) is 0 Å². The van der Waals surface area contributed by atoms with E-state index in [0.29, 0.717) is 5.69 Å². The summed E-state index contributed by atoms with van der Waals surface area (Å²) < 4.78 is 40.8. The van der Waals surface area contributed by atoms with E-state index in [0.717, 1.165) is 6.07 Å². The lowest BCUT2D eigenvalue weighted by Gasteiger charge is -2.10. The van der Waals surface area contributed by atoms with Crippen LogP contribution < -0.4 is 15.6 Å². The normalized spacial score (nSPS) is 10.8. The van der Waals surface area contributed by atoms with Gasteiger partial charge in [-0.3, -0.25) is 25.2 Å². The van der Waals surface area contributed by atoms with Crippen LogP contribution in [0.25, 0.3) is 0 Å². The molecule has 0 unspecified atom stereocenters. The van der Waals surface area contributed by atoms with E-state index in [1.165, 1.54) is 42.5 Å². The van der Waals surface area contributed by atoms with Gasteiger partial charge in [0.15, 0.2) is 0 Å². The van der Waals surface area contributed by atoms with Crippen molar-refractivity contribution in [2.24, 2.45) is 0 Å². The molecule has 0 heterocycles. The Morgan fingerprint density at radius 1 is 0.724 bits per heavy atom. The number of nitrogens with one attached hydrogen (secondary N) is 3. The highest BCUT2D eigenvalue weighted by Crippen LogP contribution is 2.16. The first-order chi connectivity index (χ1) is 13.9. The lowest BCUT2D eigenvalue weighted by atomic mass is 10.2. The van der Waals surface area contributed by atoms with Crippen LogP contribution in [0.15, 0.2) is 83.8 Å². The zero-order chi connectivity index (χ0) is 20.9. The van der Waals surface area contributed by atoms with Crippen LogP contribution in [-0.2, 0) is 10.0 Å². The number of hydrogen-bond donors (Lipinski definition) is 3. The van der Waals surface area contributed by atoms with Crippen LogP contribution in [0, 0.1) is 5.82 Å². The lowest BCUT2D eigenvalue weighted by molar-refractivity contribution is 0.0844. The summed E-state index contributed by atoms with van der Waals surface area (Å²) in [5.41, 5.74) is 4.55. The van der Waals surface area contributed by atoms with Gasteiger partial charge in [0.2, 0.25) is 0 Å². The molecule has 9 heteroatoms. The molecule has 0 bridgehead atoms. The number of hydrazine groups is 1. The first-order valence-electron chi connectivity index (χ1n) is 8.40. The Morgan fingerprint density at radius 2 is 1.31 bits per heavy atom. The van der Waals surface area contributed by atoms with E-state index in [1.54, 1.807) is 30.3 Å². The summed E-state index contributed by atoms with van der Waals surface area (Å²) in [4.78, 5) is 24.0. The van der Waals surface area contributed by atoms with Gasteiger partial charge < -0.3 is 0 Å². The molecule has 0 spiro atoms. The van der Waals surface area contributed by atoms with Crippen molar-refractivity contribution in [2.45, 2.75) is 4.90 Å². The van der Waals surface area contributed by atoms with Crippen molar-refractivity contribution < 1.29 is 22.4 Å². The van der Waals surface area contributed by atoms with Crippen LogP contribution in [-0.4, -0.2) is 20.2 Å².